The van der Waals surface area contributed by atoms with Crippen LogP contribution in [0, 0.1) is 0 Å². The van der Waals surface area contributed by atoms with Crippen LogP contribution in [-0.4, -0.2) is 19.3 Å². The smallest absolute Gasteiger partial charge is 0.460 e. The van der Waals surface area contributed by atoms with Crippen LogP contribution in [0.15, 0.2) is 53.0 Å². The summed E-state index contributed by atoms with van der Waals surface area (Å²) in [6, 6.07) is 10.9. The monoisotopic (exact) mass is 440 g/mol. The highest BCUT2D eigenvalue weighted by Crippen LogP contribution is 2.35. The first-order valence-corrected chi connectivity index (χ1v) is 13.0. The molecule has 33 heavy (non-hydrogen) atoms. The van der Waals surface area contributed by atoms with Crippen LogP contribution in [0.1, 0.15) is 75.5 Å². The molecular formula is C29H33BO3. The molecule has 4 heteroatoms. The lowest BCUT2D eigenvalue weighted by atomic mass is 9.74. The van der Waals surface area contributed by atoms with Crippen molar-refractivity contribution in [3.63, 3.8) is 0 Å². The van der Waals surface area contributed by atoms with E-state index < -0.39 is 0 Å². The molecule has 0 atom stereocenters. The number of fused-ring (bicyclic) bond motifs is 5. The van der Waals surface area contributed by atoms with Crippen LogP contribution in [0.3, 0.4) is 0 Å². The average molecular weight is 440 g/mol. The first kappa shape index (κ1) is 21.3. The summed E-state index contributed by atoms with van der Waals surface area (Å²) in [5.41, 5.74) is 3.20. The van der Waals surface area contributed by atoms with Gasteiger partial charge in [-0.3, -0.25) is 0 Å². The molecule has 0 unspecified atom stereocenters. The van der Waals surface area contributed by atoms with Gasteiger partial charge in [-0.2, -0.15) is 0 Å². The molecule has 2 fully saturated rings. The first-order chi connectivity index (χ1) is 16.4. The fraction of sp³-hybridized carbons (Fsp3) is 0.448. The van der Waals surface area contributed by atoms with E-state index in [2.05, 4.69) is 54.6 Å². The molecule has 0 spiro atoms. The van der Waals surface area contributed by atoms with E-state index in [1.54, 1.807) is 0 Å². The minimum atomic E-state index is -0.377. The van der Waals surface area contributed by atoms with Crippen LogP contribution in [0.25, 0.3) is 27.8 Å². The highest BCUT2D eigenvalue weighted by molar-refractivity contribution is 6.65. The fourth-order valence-corrected chi connectivity index (χ4v) is 5.88. The van der Waals surface area contributed by atoms with Crippen LogP contribution in [0.5, 0.6) is 0 Å². The summed E-state index contributed by atoms with van der Waals surface area (Å²) in [5, 5.41) is 3.66. The van der Waals surface area contributed by atoms with Gasteiger partial charge in [-0.15, -0.1) is 0 Å². The molecule has 0 radical (unpaired) electrons. The predicted molar refractivity (Wildman–Crippen MR) is 137 cm³/mol. The van der Waals surface area contributed by atoms with E-state index in [1.807, 2.05) is 0 Å². The van der Waals surface area contributed by atoms with Crippen molar-refractivity contribution in [1.29, 1.82) is 0 Å². The summed E-state index contributed by atoms with van der Waals surface area (Å²) < 4.78 is 20.2. The van der Waals surface area contributed by atoms with Gasteiger partial charge in [0.05, 0.1) is 0 Å². The van der Waals surface area contributed by atoms with Crippen LogP contribution in [0.2, 0.25) is 0 Å². The highest BCUT2D eigenvalue weighted by Gasteiger charge is 2.34. The van der Waals surface area contributed by atoms with E-state index in [0.717, 1.165) is 48.9 Å². The second kappa shape index (κ2) is 9.52. The maximum Gasteiger partial charge on any atom is 0.498 e. The van der Waals surface area contributed by atoms with Crippen LogP contribution < -0.4 is 5.46 Å². The van der Waals surface area contributed by atoms with Crippen molar-refractivity contribution in [3.05, 3.63) is 59.9 Å². The van der Waals surface area contributed by atoms with Crippen molar-refractivity contribution in [2.45, 2.75) is 82.8 Å². The number of allylic oxidation sites excluding steroid dienone is 3. The molecule has 3 aliphatic rings. The van der Waals surface area contributed by atoms with E-state index in [1.165, 1.54) is 60.2 Å². The van der Waals surface area contributed by atoms with E-state index in [9.17, 15) is 0 Å². The maximum absolute atomic E-state index is 6.78. The zero-order valence-electron chi connectivity index (χ0n) is 19.4. The molecule has 170 valence electrons. The Morgan fingerprint density at radius 1 is 0.818 bits per heavy atom. The van der Waals surface area contributed by atoms with Crippen molar-refractivity contribution in [2.75, 3.05) is 0 Å². The summed E-state index contributed by atoms with van der Waals surface area (Å²) in [7, 11) is -0.377. The van der Waals surface area contributed by atoms with Gasteiger partial charge in [0.25, 0.3) is 0 Å². The SMILES string of the molecule is C1=CCc2oc3c(B(OC4CCCCC4)OC4CCCCC4)cc4ccccc4c3c2C=C1. The Morgan fingerprint density at radius 3 is 2.24 bits per heavy atom. The van der Waals surface area contributed by atoms with Crippen LogP contribution in [-0.2, 0) is 15.7 Å². The highest BCUT2D eigenvalue weighted by atomic mass is 16.6. The molecule has 3 nitrogen and oxygen atoms in total. The van der Waals surface area contributed by atoms with Crippen molar-refractivity contribution in [1.82, 2.24) is 0 Å². The van der Waals surface area contributed by atoms with Gasteiger partial charge in [0, 0.05) is 35.0 Å². The van der Waals surface area contributed by atoms with Gasteiger partial charge >= 0.3 is 7.12 Å². The van der Waals surface area contributed by atoms with Crippen LogP contribution in [0.4, 0.5) is 0 Å². The number of hydrogen-bond acceptors (Lipinski definition) is 3. The molecule has 2 aromatic carbocycles. The van der Waals surface area contributed by atoms with Gasteiger partial charge in [0.15, 0.2) is 0 Å². The summed E-state index contributed by atoms with van der Waals surface area (Å²) in [5.74, 6) is 1.03. The molecule has 0 amide bonds. The number of hydrogen-bond donors (Lipinski definition) is 0. The summed E-state index contributed by atoms with van der Waals surface area (Å²) in [6.07, 6.45) is 22.1. The zero-order valence-corrected chi connectivity index (χ0v) is 19.4. The largest absolute Gasteiger partial charge is 0.498 e. The Labute approximate surface area is 197 Å². The lowest BCUT2D eigenvalue weighted by Crippen LogP contribution is -2.44. The molecule has 0 aliphatic heterocycles. The molecule has 0 bridgehead atoms. The van der Waals surface area contributed by atoms with Gasteiger partial charge in [-0.05, 0) is 36.5 Å². The molecule has 0 N–H and O–H groups in total. The number of furan rings is 1. The third-order valence-electron chi connectivity index (χ3n) is 7.63. The van der Waals surface area contributed by atoms with Crippen LogP contribution >= 0.6 is 0 Å². The molecule has 0 saturated heterocycles. The van der Waals surface area contributed by atoms with E-state index in [0.29, 0.717) is 0 Å². The lowest BCUT2D eigenvalue weighted by Gasteiger charge is -2.30. The fourth-order valence-electron chi connectivity index (χ4n) is 5.88. The minimum Gasteiger partial charge on any atom is -0.460 e. The van der Waals surface area contributed by atoms with E-state index in [4.69, 9.17) is 13.7 Å². The standard InChI is InChI=1S/C29H33BO3/c1-4-13-22(14-5-1)32-30(33-23-15-6-2-7-16-23)26-20-21-12-10-11-17-24(21)28-25-18-8-3-9-19-27(25)31-29(26)28/h3,8-12,17-18,20,22-23H,1-2,4-7,13-16,19H2. The first-order valence-electron chi connectivity index (χ1n) is 13.0. The average Bonchev–Trinajstić information content (AvgIpc) is 3.07. The lowest BCUT2D eigenvalue weighted by molar-refractivity contribution is 0.0728. The third kappa shape index (κ3) is 4.31. The Balaban J connectivity index is 1.48. The Morgan fingerprint density at radius 2 is 1.52 bits per heavy atom. The second-order valence-electron chi connectivity index (χ2n) is 9.95. The van der Waals surface area contributed by atoms with Crippen molar-refractivity contribution in [2.24, 2.45) is 0 Å². The number of benzene rings is 2. The second-order valence-corrected chi connectivity index (χ2v) is 9.95. The molecule has 2 saturated carbocycles. The molecule has 1 heterocycles. The summed E-state index contributed by atoms with van der Waals surface area (Å²) >= 11 is 0. The molecular weight excluding hydrogens is 407 g/mol. The predicted octanol–water partition coefficient (Wildman–Crippen LogP) is 7.11. The molecule has 3 aliphatic carbocycles. The van der Waals surface area contributed by atoms with E-state index >= 15 is 0 Å². The van der Waals surface area contributed by atoms with Gasteiger partial charge in [0.2, 0.25) is 0 Å². The Hall–Kier alpha value is -2.30. The molecule has 1 aromatic heterocycles. The minimum absolute atomic E-state index is 0.268. The third-order valence-corrected chi connectivity index (χ3v) is 7.63. The molecule has 6 rings (SSSR count). The van der Waals surface area contributed by atoms with Crippen molar-refractivity contribution >= 4 is 40.4 Å². The van der Waals surface area contributed by atoms with Gasteiger partial charge < -0.3 is 13.7 Å². The summed E-state index contributed by atoms with van der Waals surface area (Å²) in [4.78, 5) is 0. The van der Waals surface area contributed by atoms with Gasteiger partial charge in [0.1, 0.15) is 11.3 Å². The Kier molecular flexibility index (Phi) is 6.13. The molecule has 3 aromatic rings. The van der Waals surface area contributed by atoms with Gasteiger partial charge in [-0.1, -0.05) is 93.2 Å². The zero-order chi connectivity index (χ0) is 22.0. The quantitative estimate of drug-likeness (QED) is 0.397. The van der Waals surface area contributed by atoms with Gasteiger partial charge in [-0.25, -0.2) is 0 Å². The topological polar surface area (TPSA) is 31.6 Å². The maximum atomic E-state index is 6.78. The van der Waals surface area contributed by atoms with Crippen molar-refractivity contribution < 1.29 is 13.7 Å². The van der Waals surface area contributed by atoms with Crippen molar-refractivity contribution in [3.8, 4) is 0 Å². The van der Waals surface area contributed by atoms with E-state index in [-0.39, 0.29) is 19.3 Å². The normalized spacial score (nSPS) is 19.8. The summed E-state index contributed by atoms with van der Waals surface area (Å²) in [6.45, 7) is 0. The number of rotatable bonds is 5. The Bertz CT molecular complexity index is 1160.